The first-order chi connectivity index (χ1) is 8.97. The lowest BCUT2D eigenvalue weighted by molar-refractivity contribution is 0.475. The molecule has 0 aliphatic rings. The van der Waals surface area contributed by atoms with E-state index in [4.69, 9.17) is 0 Å². The molecule has 1 aromatic heterocycles. The van der Waals surface area contributed by atoms with Crippen LogP contribution in [0.25, 0.3) is 0 Å². The average molecular weight is 259 g/mol. The summed E-state index contributed by atoms with van der Waals surface area (Å²) in [6.07, 6.45) is 2.05. The predicted octanol–water partition coefficient (Wildman–Crippen LogP) is 3.17. The zero-order valence-electron chi connectivity index (χ0n) is 11.9. The molecule has 0 amide bonds. The first-order valence-corrected chi connectivity index (χ1v) is 6.53. The van der Waals surface area contributed by atoms with Crippen LogP contribution in [0.2, 0.25) is 0 Å². The van der Waals surface area contributed by atoms with Crippen molar-refractivity contribution in [2.24, 2.45) is 7.05 Å². The van der Waals surface area contributed by atoms with Gasteiger partial charge in [-0.2, -0.15) is 5.10 Å². The van der Waals surface area contributed by atoms with E-state index in [1.54, 1.807) is 12.1 Å². The number of aryl methyl sites for hydroxylation is 2. The van der Waals surface area contributed by atoms with Gasteiger partial charge < -0.3 is 10.4 Å². The summed E-state index contributed by atoms with van der Waals surface area (Å²) in [6.45, 7) is 7.02. The minimum Gasteiger partial charge on any atom is -0.508 e. The van der Waals surface area contributed by atoms with Gasteiger partial charge in [0.25, 0.3) is 0 Å². The molecule has 0 saturated carbocycles. The molecule has 0 bridgehead atoms. The molecule has 0 fully saturated rings. The largest absolute Gasteiger partial charge is 0.508 e. The number of benzene rings is 1. The van der Waals surface area contributed by atoms with Crippen molar-refractivity contribution in [1.29, 1.82) is 0 Å². The maximum atomic E-state index is 9.40. The van der Waals surface area contributed by atoms with E-state index in [0.29, 0.717) is 11.7 Å². The highest BCUT2D eigenvalue weighted by atomic mass is 16.3. The smallest absolute Gasteiger partial charge is 0.115 e. The van der Waals surface area contributed by atoms with E-state index in [0.717, 1.165) is 23.5 Å². The molecule has 1 heterocycles. The standard InChI is InChI=1S/C15H21N3O/c1-10(2)15-12(9-18(4)17-15)8-16-14-6-5-13(19)7-11(14)3/h5-7,9-10,16,19H,8H2,1-4H3. The zero-order valence-corrected chi connectivity index (χ0v) is 11.9. The van der Waals surface area contributed by atoms with Gasteiger partial charge in [-0.25, -0.2) is 0 Å². The van der Waals surface area contributed by atoms with Crippen LogP contribution in [-0.2, 0) is 13.6 Å². The van der Waals surface area contributed by atoms with E-state index in [9.17, 15) is 5.11 Å². The third-order valence-corrected chi connectivity index (χ3v) is 3.16. The van der Waals surface area contributed by atoms with E-state index in [1.165, 1.54) is 5.56 Å². The normalized spacial score (nSPS) is 11.0. The monoisotopic (exact) mass is 259 g/mol. The molecular weight excluding hydrogens is 238 g/mol. The number of hydrogen-bond acceptors (Lipinski definition) is 3. The maximum absolute atomic E-state index is 9.40. The summed E-state index contributed by atoms with van der Waals surface area (Å²) in [5, 5.41) is 17.3. The molecule has 0 unspecified atom stereocenters. The molecule has 4 heteroatoms. The highest BCUT2D eigenvalue weighted by Gasteiger charge is 2.11. The van der Waals surface area contributed by atoms with E-state index < -0.39 is 0 Å². The Morgan fingerprint density at radius 3 is 2.74 bits per heavy atom. The molecule has 0 radical (unpaired) electrons. The van der Waals surface area contributed by atoms with Crippen molar-refractivity contribution >= 4 is 5.69 Å². The number of nitrogens with zero attached hydrogens (tertiary/aromatic N) is 2. The first kappa shape index (κ1) is 13.5. The second-order valence-corrected chi connectivity index (χ2v) is 5.22. The number of nitrogens with one attached hydrogen (secondary N) is 1. The second kappa shape index (κ2) is 5.34. The van der Waals surface area contributed by atoms with Gasteiger partial charge in [0.2, 0.25) is 0 Å². The van der Waals surface area contributed by atoms with E-state index >= 15 is 0 Å². The van der Waals surface area contributed by atoms with Gasteiger partial charge in [-0.05, 0) is 36.6 Å². The number of rotatable bonds is 4. The van der Waals surface area contributed by atoms with Gasteiger partial charge in [0.1, 0.15) is 5.75 Å². The van der Waals surface area contributed by atoms with Crippen LogP contribution in [0.5, 0.6) is 5.75 Å². The van der Waals surface area contributed by atoms with Crippen LogP contribution in [0.3, 0.4) is 0 Å². The van der Waals surface area contributed by atoms with Gasteiger partial charge in [-0.15, -0.1) is 0 Å². The molecule has 2 aromatic rings. The minimum absolute atomic E-state index is 0.298. The van der Waals surface area contributed by atoms with E-state index in [1.807, 2.05) is 24.7 Å². The van der Waals surface area contributed by atoms with Gasteiger partial charge in [-0.3, -0.25) is 4.68 Å². The first-order valence-electron chi connectivity index (χ1n) is 6.53. The summed E-state index contributed by atoms with van der Waals surface area (Å²) in [5.41, 5.74) is 4.42. The van der Waals surface area contributed by atoms with Crippen LogP contribution >= 0.6 is 0 Å². The second-order valence-electron chi connectivity index (χ2n) is 5.22. The summed E-state index contributed by atoms with van der Waals surface area (Å²) in [5.74, 6) is 0.714. The summed E-state index contributed by atoms with van der Waals surface area (Å²) >= 11 is 0. The van der Waals surface area contributed by atoms with E-state index in [-0.39, 0.29) is 0 Å². The molecule has 0 aliphatic carbocycles. The van der Waals surface area contributed by atoms with Crippen LogP contribution in [0.15, 0.2) is 24.4 Å². The Kier molecular flexibility index (Phi) is 3.79. The summed E-state index contributed by atoms with van der Waals surface area (Å²) in [7, 11) is 1.95. The van der Waals surface area contributed by atoms with Gasteiger partial charge >= 0.3 is 0 Å². The van der Waals surface area contributed by atoms with Crippen molar-refractivity contribution < 1.29 is 5.11 Å². The fourth-order valence-electron chi connectivity index (χ4n) is 2.21. The average Bonchev–Trinajstić information content (AvgIpc) is 2.69. The molecule has 19 heavy (non-hydrogen) atoms. The molecule has 0 saturated heterocycles. The van der Waals surface area contributed by atoms with Crippen molar-refractivity contribution in [2.45, 2.75) is 33.2 Å². The Hall–Kier alpha value is -1.97. The van der Waals surface area contributed by atoms with Gasteiger partial charge in [0.15, 0.2) is 0 Å². The minimum atomic E-state index is 0.298. The van der Waals surface area contributed by atoms with Crippen molar-refractivity contribution in [3.63, 3.8) is 0 Å². The number of aromatic hydroxyl groups is 1. The van der Waals surface area contributed by atoms with Crippen molar-refractivity contribution in [1.82, 2.24) is 9.78 Å². The Morgan fingerprint density at radius 2 is 2.11 bits per heavy atom. The van der Waals surface area contributed by atoms with Gasteiger partial charge in [0.05, 0.1) is 5.69 Å². The molecule has 0 spiro atoms. The summed E-state index contributed by atoms with van der Waals surface area (Å²) < 4.78 is 1.86. The molecule has 102 valence electrons. The molecule has 0 aliphatic heterocycles. The fraction of sp³-hybridized carbons (Fsp3) is 0.400. The number of hydrogen-bond donors (Lipinski definition) is 2. The number of phenolic OH excluding ortho intramolecular Hbond substituents is 1. The Morgan fingerprint density at radius 1 is 1.37 bits per heavy atom. The maximum Gasteiger partial charge on any atom is 0.115 e. The summed E-state index contributed by atoms with van der Waals surface area (Å²) in [4.78, 5) is 0. The SMILES string of the molecule is Cc1cc(O)ccc1NCc1cn(C)nc1C(C)C. The fourth-order valence-corrected chi connectivity index (χ4v) is 2.21. The third kappa shape index (κ3) is 3.08. The Bertz CT molecular complexity index is 573. The van der Waals surface area contributed by atoms with Crippen LogP contribution in [-0.4, -0.2) is 14.9 Å². The number of phenols is 1. The highest BCUT2D eigenvalue weighted by molar-refractivity contribution is 5.53. The van der Waals surface area contributed by atoms with Gasteiger partial charge in [-0.1, -0.05) is 13.8 Å². The van der Waals surface area contributed by atoms with E-state index in [2.05, 4.69) is 30.5 Å². The molecule has 0 atom stereocenters. The highest BCUT2D eigenvalue weighted by Crippen LogP contribution is 2.22. The van der Waals surface area contributed by atoms with Crippen molar-refractivity contribution in [2.75, 3.05) is 5.32 Å². The zero-order chi connectivity index (χ0) is 14.0. The van der Waals surface area contributed by atoms with Crippen molar-refractivity contribution in [3.05, 3.63) is 41.2 Å². The van der Waals surface area contributed by atoms with Crippen LogP contribution in [0.1, 0.15) is 36.6 Å². The van der Waals surface area contributed by atoms with Gasteiger partial charge in [0, 0.05) is 31.0 Å². The lowest BCUT2D eigenvalue weighted by Gasteiger charge is -2.10. The lowest BCUT2D eigenvalue weighted by atomic mass is 10.1. The molecule has 2 N–H and O–H groups in total. The summed E-state index contributed by atoms with van der Waals surface area (Å²) in [6, 6.07) is 5.35. The number of aromatic nitrogens is 2. The third-order valence-electron chi connectivity index (χ3n) is 3.16. The lowest BCUT2D eigenvalue weighted by Crippen LogP contribution is -2.03. The van der Waals surface area contributed by atoms with Crippen LogP contribution < -0.4 is 5.32 Å². The molecular formula is C15H21N3O. The Labute approximate surface area is 114 Å². The quantitative estimate of drug-likeness (QED) is 0.829. The Balaban J connectivity index is 2.14. The van der Waals surface area contributed by atoms with Crippen molar-refractivity contribution in [3.8, 4) is 5.75 Å². The number of anilines is 1. The molecule has 4 nitrogen and oxygen atoms in total. The molecule has 2 rings (SSSR count). The van der Waals surface area contributed by atoms with Crippen LogP contribution in [0.4, 0.5) is 5.69 Å². The topological polar surface area (TPSA) is 50.1 Å². The van der Waals surface area contributed by atoms with Crippen LogP contribution in [0, 0.1) is 6.92 Å². The predicted molar refractivity (Wildman–Crippen MR) is 77.5 cm³/mol. The molecule has 1 aromatic carbocycles.